The molecule has 2 aromatic carbocycles. The molecule has 0 spiro atoms. The van der Waals surface area contributed by atoms with Crippen LogP contribution in [0.2, 0.25) is 0 Å². The average Bonchev–Trinajstić information content (AvgIpc) is 2.90. The number of hydrogen-bond donors (Lipinski definition) is 1. The summed E-state index contributed by atoms with van der Waals surface area (Å²) in [5.41, 5.74) is 9.13. The summed E-state index contributed by atoms with van der Waals surface area (Å²) in [5, 5.41) is 6.03. The highest BCUT2D eigenvalue weighted by Gasteiger charge is 2.20. The number of rotatable bonds is 2. The van der Waals surface area contributed by atoms with E-state index in [4.69, 9.17) is 10.7 Å². The number of carbonyl (C=O) groups excluding carboxylic acids is 1. The van der Waals surface area contributed by atoms with Crippen LogP contribution in [0.4, 0.5) is 0 Å². The Morgan fingerprint density at radius 2 is 1.74 bits per heavy atom. The van der Waals surface area contributed by atoms with Crippen molar-refractivity contribution in [2.75, 3.05) is 0 Å². The fourth-order valence-corrected chi connectivity index (χ4v) is 2.95. The molecule has 2 aromatic heterocycles. The van der Waals surface area contributed by atoms with Crippen LogP contribution < -0.4 is 5.73 Å². The first-order chi connectivity index (χ1) is 11.2. The predicted molar refractivity (Wildman–Crippen MR) is 89.6 cm³/mol. The lowest BCUT2D eigenvalue weighted by molar-refractivity contribution is 0.100. The zero-order valence-corrected chi connectivity index (χ0v) is 12.5. The first kappa shape index (κ1) is 13.5. The van der Waals surface area contributed by atoms with E-state index in [1.165, 1.54) is 0 Å². The first-order valence-electron chi connectivity index (χ1n) is 7.30. The van der Waals surface area contributed by atoms with Crippen LogP contribution in [0.3, 0.4) is 0 Å². The minimum atomic E-state index is -0.468. The van der Waals surface area contributed by atoms with E-state index >= 15 is 0 Å². The molecule has 0 saturated carbocycles. The summed E-state index contributed by atoms with van der Waals surface area (Å²) in [6.45, 7) is 1.87. The van der Waals surface area contributed by atoms with Gasteiger partial charge in [0.2, 0.25) is 5.91 Å². The van der Waals surface area contributed by atoms with Gasteiger partial charge in [-0.1, -0.05) is 36.4 Å². The average molecular weight is 302 g/mol. The molecule has 0 aliphatic heterocycles. The summed E-state index contributed by atoms with van der Waals surface area (Å²) < 4.78 is 1.75. The number of fused-ring (bicyclic) bond motifs is 2. The Labute approximate surface area is 132 Å². The molecule has 112 valence electrons. The molecule has 0 radical (unpaired) electrons. The Hall–Kier alpha value is -3.21. The highest BCUT2D eigenvalue weighted by atomic mass is 16.1. The molecule has 2 N–H and O–H groups in total. The lowest BCUT2D eigenvalue weighted by atomic mass is 10.0. The maximum absolute atomic E-state index is 12.1. The third kappa shape index (κ3) is 1.97. The zero-order chi connectivity index (χ0) is 16.0. The summed E-state index contributed by atoms with van der Waals surface area (Å²) in [4.78, 5) is 16.8. The Bertz CT molecular complexity index is 1050. The van der Waals surface area contributed by atoms with Crippen LogP contribution in [-0.2, 0) is 0 Å². The van der Waals surface area contributed by atoms with Crippen LogP contribution in [0.25, 0.3) is 27.6 Å². The number of para-hydroxylation sites is 2. The van der Waals surface area contributed by atoms with Crippen molar-refractivity contribution in [3.05, 3.63) is 65.9 Å². The molecular formula is C18H14N4O. The summed E-state index contributed by atoms with van der Waals surface area (Å²) in [5.74, 6) is -0.468. The smallest absolute Gasteiger partial charge is 0.250 e. The van der Waals surface area contributed by atoms with E-state index in [-0.39, 0.29) is 0 Å². The van der Waals surface area contributed by atoms with E-state index in [0.29, 0.717) is 16.6 Å². The molecule has 23 heavy (non-hydrogen) atoms. The van der Waals surface area contributed by atoms with Gasteiger partial charge in [-0.2, -0.15) is 5.10 Å². The van der Waals surface area contributed by atoms with Gasteiger partial charge >= 0.3 is 0 Å². The van der Waals surface area contributed by atoms with Gasteiger partial charge in [-0.3, -0.25) is 4.79 Å². The monoisotopic (exact) mass is 302 g/mol. The maximum atomic E-state index is 12.1. The lowest BCUT2D eigenvalue weighted by Gasteiger charge is -2.07. The van der Waals surface area contributed by atoms with Crippen molar-refractivity contribution in [3.8, 4) is 5.69 Å². The van der Waals surface area contributed by atoms with Crippen LogP contribution in [0.15, 0.2) is 54.6 Å². The van der Waals surface area contributed by atoms with Crippen molar-refractivity contribution in [1.29, 1.82) is 0 Å². The van der Waals surface area contributed by atoms with Gasteiger partial charge in [-0.25, -0.2) is 9.67 Å². The Morgan fingerprint density at radius 1 is 1.04 bits per heavy atom. The minimum Gasteiger partial charge on any atom is -0.366 e. The van der Waals surface area contributed by atoms with E-state index < -0.39 is 5.91 Å². The summed E-state index contributed by atoms with van der Waals surface area (Å²) in [6.07, 6.45) is 0. The maximum Gasteiger partial charge on any atom is 0.250 e. The fourth-order valence-electron chi connectivity index (χ4n) is 2.95. The van der Waals surface area contributed by atoms with Crippen LogP contribution >= 0.6 is 0 Å². The molecule has 0 aliphatic carbocycles. The summed E-state index contributed by atoms with van der Waals surface area (Å²) in [7, 11) is 0. The van der Waals surface area contributed by atoms with Crippen molar-refractivity contribution in [1.82, 2.24) is 14.8 Å². The van der Waals surface area contributed by atoms with Gasteiger partial charge in [-0.15, -0.1) is 0 Å². The standard InChI is InChI=1S/C18H14N4O/c1-11-15-16(17(19)23)13-9-5-6-10-14(13)20-18(15)22(21-11)12-7-3-2-4-8-12/h2-10H,1H3,(H2,19,23). The third-order valence-corrected chi connectivity index (χ3v) is 3.93. The fraction of sp³-hybridized carbons (Fsp3) is 0.0556. The molecule has 0 unspecified atom stereocenters. The molecule has 4 aromatic rings. The van der Waals surface area contributed by atoms with Crippen molar-refractivity contribution >= 4 is 27.8 Å². The van der Waals surface area contributed by atoms with E-state index in [9.17, 15) is 4.79 Å². The lowest BCUT2D eigenvalue weighted by Crippen LogP contribution is -2.13. The summed E-state index contributed by atoms with van der Waals surface area (Å²) in [6, 6.07) is 17.2. The topological polar surface area (TPSA) is 73.8 Å². The number of nitrogens with two attached hydrogens (primary N) is 1. The second-order valence-corrected chi connectivity index (χ2v) is 5.40. The molecule has 5 heteroatoms. The Kier molecular flexibility index (Phi) is 2.87. The number of pyridine rings is 1. The molecule has 5 nitrogen and oxygen atoms in total. The van der Waals surface area contributed by atoms with Crippen molar-refractivity contribution < 1.29 is 4.79 Å². The molecule has 0 fully saturated rings. The summed E-state index contributed by atoms with van der Waals surface area (Å²) >= 11 is 0. The van der Waals surface area contributed by atoms with Crippen LogP contribution in [0.1, 0.15) is 16.1 Å². The van der Waals surface area contributed by atoms with Gasteiger partial charge in [0.25, 0.3) is 0 Å². The van der Waals surface area contributed by atoms with Gasteiger partial charge in [0.1, 0.15) is 0 Å². The first-order valence-corrected chi connectivity index (χ1v) is 7.30. The van der Waals surface area contributed by atoms with Gasteiger partial charge < -0.3 is 5.73 Å². The van der Waals surface area contributed by atoms with Gasteiger partial charge in [0.05, 0.1) is 27.8 Å². The highest BCUT2D eigenvalue weighted by Crippen LogP contribution is 2.29. The number of hydrogen-bond acceptors (Lipinski definition) is 3. The van der Waals surface area contributed by atoms with Crippen LogP contribution in [-0.4, -0.2) is 20.7 Å². The Morgan fingerprint density at radius 3 is 2.48 bits per heavy atom. The van der Waals surface area contributed by atoms with Crippen LogP contribution in [0.5, 0.6) is 0 Å². The molecular weight excluding hydrogens is 288 g/mol. The number of primary amides is 1. The second-order valence-electron chi connectivity index (χ2n) is 5.40. The van der Waals surface area contributed by atoms with Gasteiger partial charge in [-0.05, 0) is 25.1 Å². The van der Waals surface area contributed by atoms with E-state index in [1.54, 1.807) is 4.68 Å². The Balaban J connectivity index is 2.20. The van der Waals surface area contributed by atoms with E-state index in [1.807, 2.05) is 61.5 Å². The minimum absolute atomic E-state index is 0.468. The normalized spacial score (nSPS) is 11.2. The highest BCUT2D eigenvalue weighted by molar-refractivity contribution is 6.16. The molecule has 4 rings (SSSR count). The molecule has 1 amide bonds. The SMILES string of the molecule is Cc1nn(-c2ccccc2)c2nc3ccccc3c(C(N)=O)c12. The predicted octanol–water partition coefficient (Wildman–Crippen LogP) is 2.98. The second kappa shape index (κ2) is 4.91. The van der Waals surface area contributed by atoms with Crippen molar-refractivity contribution in [2.24, 2.45) is 5.73 Å². The third-order valence-electron chi connectivity index (χ3n) is 3.93. The molecule has 2 heterocycles. The largest absolute Gasteiger partial charge is 0.366 e. The van der Waals surface area contributed by atoms with Crippen molar-refractivity contribution in [3.63, 3.8) is 0 Å². The number of nitrogens with zero attached hydrogens (tertiary/aromatic N) is 3. The number of benzene rings is 2. The molecule has 0 aliphatic rings. The van der Waals surface area contributed by atoms with Gasteiger partial charge in [0.15, 0.2) is 5.65 Å². The molecule has 0 saturated heterocycles. The van der Waals surface area contributed by atoms with Crippen molar-refractivity contribution in [2.45, 2.75) is 6.92 Å². The molecule has 0 bridgehead atoms. The van der Waals surface area contributed by atoms with Gasteiger partial charge in [0, 0.05) is 5.39 Å². The number of aromatic nitrogens is 3. The zero-order valence-electron chi connectivity index (χ0n) is 12.5. The van der Waals surface area contributed by atoms with E-state index in [2.05, 4.69) is 5.10 Å². The number of amides is 1. The number of aryl methyl sites for hydroxylation is 1. The molecule has 0 atom stereocenters. The number of carbonyl (C=O) groups is 1. The van der Waals surface area contributed by atoms with E-state index in [0.717, 1.165) is 22.3 Å². The van der Waals surface area contributed by atoms with Crippen LogP contribution in [0, 0.1) is 6.92 Å². The quantitative estimate of drug-likeness (QED) is 0.618.